The fourth-order valence-corrected chi connectivity index (χ4v) is 9.25. The molecule has 3 heterocycles. The number of nitrogens with one attached hydrogen (secondary N) is 1. The highest BCUT2D eigenvalue weighted by Crippen LogP contribution is 2.43. The molecule has 0 bridgehead atoms. The molecule has 1 N–H and O–H groups in total. The Bertz CT molecular complexity index is 2170. The third-order valence-electron chi connectivity index (χ3n) is 8.83. The number of aromatic nitrogens is 1. The number of fused-ring (bicyclic) bond motifs is 2. The standard InChI is InChI=1S/C33H26N6O7S3/c1-16-11-19(14-24(17(16)2)38(43)44)34-32-36-29(40)28(47-32)13-18-7-10-26(25(12-18)39(45)46)48-33-35-23-9-8-20(15-27(23)49-33)37-30(41)21-5-3-4-6-22(21)31(37)42/h7-15,21-22H,3-6H2,1-2H3,(H,34,36,40)/b28-13-/t21-,22-/m0/s1. The number of anilines is 1. The molecular formula is C33H26N6O7S3. The highest BCUT2D eigenvalue weighted by Gasteiger charge is 2.48. The number of thiazole rings is 1. The maximum atomic E-state index is 13.1. The number of carbonyl (C=O) groups excluding carboxylic acids is 3. The number of nitrogens with zero attached hydrogens (tertiary/aromatic N) is 5. The lowest BCUT2D eigenvalue weighted by Gasteiger charge is -2.19. The molecule has 0 unspecified atom stereocenters. The molecule has 248 valence electrons. The number of nitro groups is 2. The van der Waals surface area contributed by atoms with Crippen molar-refractivity contribution in [1.29, 1.82) is 0 Å². The van der Waals surface area contributed by atoms with E-state index >= 15 is 0 Å². The van der Waals surface area contributed by atoms with E-state index in [0.29, 0.717) is 42.8 Å². The molecule has 3 aromatic carbocycles. The molecule has 1 aliphatic carbocycles. The second-order valence-corrected chi connectivity index (χ2v) is 15.2. The van der Waals surface area contributed by atoms with Gasteiger partial charge >= 0.3 is 0 Å². The van der Waals surface area contributed by atoms with Crippen molar-refractivity contribution in [3.05, 3.63) is 90.4 Å². The Morgan fingerprint density at radius 2 is 1.67 bits per heavy atom. The molecule has 16 heteroatoms. The van der Waals surface area contributed by atoms with Gasteiger partial charge in [-0.2, -0.15) is 0 Å². The van der Waals surface area contributed by atoms with Crippen LogP contribution in [0.5, 0.6) is 0 Å². The first-order valence-electron chi connectivity index (χ1n) is 15.3. The van der Waals surface area contributed by atoms with Gasteiger partial charge in [-0.1, -0.05) is 30.7 Å². The molecule has 2 saturated heterocycles. The first kappa shape index (κ1) is 32.6. The molecular weight excluding hydrogens is 689 g/mol. The molecule has 2 aliphatic heterocycles. The van der Waals surface area contributed by atoms with E-state index in [9.17, 15) is 34.6 Å². The molecule has 3 amide bonds. The number of imide groups is 1. The summed E-state index contributed by atoms with van der Waals surface area (Å²) in [6.45, 7) is 3.40. The van der Waals surface area contributed by atoms with E-state index in [0.717, 1.165) is 53.9 Å². The zero-order chi connectivity index (χ0) is 34.6. The first-order chi connectivity index (χ1) is 23.5. The summed E-state index contributed by atoms with van der Waals surface area (Å²) in [5.41, 5.74) is 2.87. The molecule has 3 fully saturated rings. The number of rotatable bonds is 7. The van der Waals surface area contributed by atoms with Crippen LogP contribution in [0.4, 0.5) is 22.7 Å². The van der Waals surface area contributed by atoms with Gasteiger partial charge in [-0.3, -0.25) is 39.5 Å². The fourth-order valence-electron chi connectivity index (χ4n) is 6.26. The van der Waals surface area contributed by atoms with Crippen molar-refractivity contribution in [3.8, 4) is 0 Å². The number of amidine groups is 1. The maximum absolute atomic E-state index is 13.1. The molecule has 1 saturated carbocycles. The Balaban J connectivity index is 1.11. The first-order valence-corrected chi connectivity index (χ1v) is 17.7. The minimum absolute atomic E-state index is 0.0717. The van der Waals surface area contributed by atoms with E-state index in [1.165, 1.54) is 34.4 Å². The Morgan fingerprint density at radius 1 is 0.959 bits per heavy atom. The third-order valence-corrected chi connectivity index (χ3v) is 11.9. The van der Waals surface area contributed by atoms with Gasteiger partial charge in [0.05, 0.1) is 53.1 Å². The van der Waals surface area contributed by atoms with Gasteiger partial charge in [0.1, 0.15) is 0 Å². The van der Waals surface area contributed by atoms with Gasteiger partial charge in [0.2, 0.25) is 11.8 Å². The number of thioether (sulfide) groups is 1. The molecule has 0 radical (unpaired) electrons. The number of amides is 3. The lowest BCUT2D eigenvalue weighted by molar-refractivity contribution is -0.387. The quantitative estimate of drug-likeness (QED) is 0.0875. The fraction of sp³-hybridized carbons (Fsp3) is 0.242. The van der Waals surface area contributed by atoms with Crippen LogP contribution in [0.1, 0.15) is 42.4 Å². The number of nitro benzene ring substituents is 2. The van der Waals surface area contributed by atoms with Crippen molar-refractivity contribution in [1.82, 2.24) is 10.3 Å². The van der Waals surface area contributed by atoms with Crippen molar-refractivity contribution in [3.63, 3.8) is 0 Å². The van der Waals surface area contributed by atoms with Gasteiger partial charge < -0.3 is 5.32 Å². The Hall–Kier alpha value is -4.93. The van der Waals surface area contributed by atoms with Gasteiger partial charge in [0.25, 0.3) is 17.3 Å². The van der Waals surface area contributed by atoms with Gasteiger partial charge in [-0.25, -0.2) is 9.98 Å². The van der Waals surface area contributed by atoms with Crippen molar-refractivity contribution >= 4 is 96.8 Å². The highest BCUT2D eigenvalue weighted by molar-refractivity contribution is 8.18. The van der Waals surface area contributed by atoms with Crippen molar-refractivity contribution in [2.24, 2.45) is 16.8 Å². The summed E-state index contributed by atoms with van der Waals surface area (Å²) in [5, 5.41) is 26.4. The molecule has 1 aromatic heterocycles. The minimum atomic E-state index is -0.499. The summed E-state index contributed by atoms with van der Waals surface area (Å²) in [4.78, 5) is 72.4. The molecule has 13 nitrogen and oxygen atoms in total. The number of benzene rings is 3. The summed E-state index contributed by atoms with van der Waals surface area (Å²) in [7, 11) is 0. The molecule has 49 heavy (non-hydrogen) atoms. The Morgan fingerprint density at radius 3 is 2.37 bits per heavy atom. The largest absolute Gasteiger partial charge is 0.300 e. The predicted octanol–water partition coefficient (Wildman–Crippen LogP) is 7.45. The maximum Gasteiger partial charge on any atom is 0.283 e. The minimum Gasteiger partial charge on any atom is -0.300 e. The third kappa shape index (κ3) is 6.22. The van der Waals surface area contributed by atoms with E-state index in [4.69, 9.17) is 0 Å². The van der Waals surface area contributed by atoms with Gasteiger partial charge in [-0.05, 0) is 86.0 Å². The predicted molar refractivity (Wildman–Crippen MR) is 188 cm³/mol. The smallest absolute Gasteiger partial charge is 0.283 e. The molecule has 7 rings (SSSR count). The lowest BCUT2D eigenvalue weighted by Crippen LogP contribution is -2.30. The summed E-state index contributed by atoms with van der Waals surface area (Å²) < 4.78 is 1.30. The van der Waals surface area contributed by atoms with E-state index in [1.54, 1.807) is 50.2 Å². The van der Waals surface area contributed by atoms with Crippen LogP contribution < -0.4 is 10.2 Å². The van der Waals surface area contributed by atoms with E-state index < -0.39 is 15.8 Å². The van der Waals surface area contributed by atoms with Crippen LogP contribution in [0.2, 0.25) is 0 Å². The summed E-state index contributed by atoms with van der Waals surface area (Å²) in [6, 6.07) is 12.9. The SMILES string of the molecule is Cc1cc(N=C2NC(=O)/C(=C/c3ccc(Sc4nc5ccc(N6C(=O)[C@H]7CCCC[C@@H]7C6=O)cc5s4)c([N+](=O)[O-])c3)S2)cc([N+](=O)[O-])c1C. The number of hydrogen-bond acceptors (Lipinski definition) is 12. The van der Waals surface area contributed by atoms with Gasteiger partial charge in [0.15, 0.2) is 9.51 Å². The number of carbonyl (C=O) groups is 3. The van der Waals surface area contributed by atoms with E-state index in [2.05, 4.69) is 15.3 Å². The average Bonchev–Trinajstić information content (AvgIpc) is 3.71. The van der Waals surface area contributed by atoms with Crippen molar-refractivity contribution in [2.45, 2.75) is 48.8 Å². The molecule has 2 atom stereocenters. The van der Waals surface area contributed by atoms with Crippen molar-refractivity contribution < 1.29 is 24.2 Å². The zero-order valence-corrected chi connectivity index (χ0v) is 28.4. The van der Waals surface area contributed by atoms with Crippen molar-refractivity contribution in [2.75, 3.05) is 4.90 Å². The van der Waals surface area contributed by atoms with Gasteiger partial charge in [0, 0.05) is 17.7 Å². The van der Waals surface area contributed by atoms with Crippen LogP contribution in [0, 0.1) is 45.9 Å². The van der Waals surface area contributed by atoms with Crippen LogP contribution in [0.3, 0.4) is 0 Å². The van der Waals surface area contributed by atoms with Crippen LogP contribution >= 0.6 is 34.9 Å². The van der Waals surface area contributed by atoms with Crippen LogP contribution in [-0.2, 0) is 14.4 Å². The summed E-state index contributed by atoms with van der Waals surface area (Å²) >= 11 is 3.46. The Labute approximate surface area is 291 Å². The van der Waals surface area contributed by atoms with Crippen LogP contribution in [0.15, 0.2) is 67.7 Å². The average molecular weight is 715 g/mol. The number of aliphatic imine (C=N–C) groups is 1. The normalized spacial score (nSPS) is 20.8. The second-order valence-electron chi connectivity index (χ2n) is 11.9. The monoisotopic (exact) mass is 714 g/mol. The molecule has 0 spiro atoms. The topological polar surface area (TPSA) is 178 Å². The van der Waals surface area contributed by atoms with E-state index in [1.807, 2.05) is 0 Å². The second kappa shape index (κ2) is 12.8. The van der Waals surface area contributed by atoms with Gasteiger partial charge in [-0.15, -0.1) is 11.3 Å². The zero-order valence-electron chi connectivity index (χ0n) is 26.0. The summed E-state index contributed by atoms with van der Waals surface area (Å²) in [6.07, 6.45) is 4.87. The lowest BCUT2D eigenvalue weighted by atomic mass is 9.81. The molecule has 4 aromatic rings. The summed E-state index contributed by atoms with van der Waals surface area (Å²) in [5.74, 6) is -1.26. The number of hydrogen-bond donors (Lipinski definition) is 1. The highest BCUT2D eigenvalue weighted by atomic mass is 32.2. The number of aryl methyl sites for hydroxylation is 1. The van der Waals surface area contributed by atoms with Crippen LogP contribution in [0.25, 0.3) is 16.3 Å². The molecule has 3 aliphatic rings. The Kier molecular flexibility index (Phi) is 8.54. The van der Waals surface area contributed by atoms with E-state index in [-0.39, 0.29) is 45.1 Å². The van der Waals surface area contributed by atoms with Crippen LogP contribution in [-0.4, -0.2) is 37.7 Å².